The van der Waals surface area contributed by atoms with Gasteiger partial charge in [-0.3, -0.25) is 0 Å². The van der Waals surface area contributed by atoms with Crippen LogP contribution in [0.4, 0.5) is 5.69 Å². The zero-order valence-electron chi connectivity index (χ0n) is 19.4. The lowest BCUT2D eigenvalue weighted by Gasteiger charge is -2.33. The molecule has 1 aliphatic heterocycles. The molecule has 6 rings (SSSR count). The van der Waals surface area contributed by atoms with Crippen molar-refractivity contribution >= 4 is 34.9 Å². The fourth-order valence-corrected chi connectivity index (χ4v) is 6.15. The normalized spacial score (nSPS) is 23.2. The summed E-state index contributed by atoms with van der Waals surface area (Å²) in [6.45, 7) is 1.38. The maximum atomic E-state index is 11.7. The number of benzene rings is 2. The zero-order chi connectivity index (χ0) is 24.1. The third-order valence-corrected chi connectivity index (χ3v) is 8.13. The number of piperidine rings is 1. The quantitative estimate of drug-likeness (QED) is 0.336. The maximum absolute atomic E-state index is 11.7. The van der Waals surface area contributed by atoms with Crippen LogP contribution in [0.3, 0.4) is 0 Å². The SMILES string of the molecule is COC(=O)c1ccc(N2C[C@H]3C[C@@H]2C[C@@H]3OCc2c(-c3c(Cl)cccc3Cl)noc2C2CC2)cc1. The monoisotopic (exact) mass is 512 g/mol. The summed E-state index contributed by atoms with van der Waals surface area (Å²) in [5.41, 5.74) is 4.07. The Balaban J connectivity index is 1.16. The number of esters is 1. The molecule has 8 heteroatoms. The van der Waals surface area contributed by atoms with Gasteiger partial charge in [0.15, 0.2) is 0 Å². The molecule has 3 atom stereocenters. The Morgan fingerprint density at radius 1 is 1.11 bits per heavy atom. The molecule has 2 bridgehead atoms. The summed E-state index contributed by atoms with van der Waals surface area (Å²) >= 11 is 13.0. The van der Waals surface area contributed by atoms with E-state index >= 15 is 0 Å². The number of fused-ring (bicyclic) bond motifs is 2. The van der Waals surface area contributed by atoms with Crippen molar-refractivity contribution in [1.29, 1.82) is 0 Å². The molecule has 0 radical (unpaired) electrons. The van der Waals surface area contributed by atoms with Crippen molar-refractivity contribution in [2.24, 2.45) is 5.92 Å². The Hall–Kier alpha value is -2.54. The molecule has 0 amide bonds. The molecule has 1 aromatic heterocycles. The van der Waals surface area contributed by atoms with E-state index in [0.717, 1.165) is 49.2 Å². The van der Waals surface area contributed by atoms with E-state index < -0.39 is 0 Å². The highest BCUT2D eigenvalue weighted by molar-refractivity contribution is 6.39. The first-order chi connectivity index (χ1) is 17.0. The second-order valence-corrected chi connectivity index (χ2v) is 10.5. The lowest BCUT2D eigenvalue weighted by Crippen LogP contribution is -2.38. The molecule has 3 aromatic rings. The highest BCUT2D eigenvalue weighted by Gasteiger charge is 2.45. The van der Waals surface area contributed by atoms with Crippen LogP contribution < -0.4 is 4.90 Å². The first-order valence-corrected chi connectivity index (χ1v) is 12.8. The molecule has 1 saturated heterocycles. The number of anilines is 1. The molecule has 182 valence electrons. The van der Waals surface area contributed by atoms with Crippen molar-refractivity contribution in [3.05, 3.63) is 69.4 Å². The Kier molecular flexibility index (Phi) is 5.99. The van der Waals surface area contributed by atoms with Gasteiger partial charge in [-0.2, -0.15) is 0 Å². The number of carbonyl (C=O) groups is 1. The number of hydrogen-bond donors (Lipinski definition) is 0. The van der Waals surface area contributed by atoms with Gasteiger partial charge < -0.3 is 18.9 Å². The molecule has 35 heavy (non-hydrogen) atoms. The molecular weight excluding hydrogens is 487 g/mol. The second-order valence-electron chi connectivity index (χ2n) is 9.67. The summed E-state index contributed by atoms with van der Waals surface area (Å²) in [5, 5.41) is 5.49. The number of aromatic nitrogens is 1. The minimum atomic E-state index is -0.315. The average molecular weight is 513 g/mol. The minimum Gasteiger partial charge on any atom is -0.465 e. The van der Waals surface area contributed by atoms with Gasteiger partial charge in [0.25, 0.3) is 0 Å². The Morgan fingerprint density at radius 2 is 1.86 bits per heavy atom. The van der Waals surface area contributed by atoms with Gasteiger partial charge in [-0.1, -0.05) is 34.4 Å². The van der Waals surface area contributed by atoms with Crippen molar-refractivity contribution in [3.63, 3.8) is 0 Å². The maximum Gasteiger partial charge on any atom is 0.337 e. The Bertz CT molecular complexity index is 1230. The van der Waals surface area contributed by atoms with Gasteiger partial charge in [0.05, 0.1) is 35.4 Å². The zero-order valence-corrected chi connectivity index (χ0v) is 20.9. The van der Waals surface area contributed by atoms with Crippen LogP contribution in [0.25, 0.3) is 11.3 Å². The number of nitrogens with zero attached hydrogens (tertiary/aromatic N) is 2. The third kappa shape index (κ3) is 4.22. The molecule has 6 nitrogen and oxygen atoms in total. The molecule has 0 spiro atoms. The van der Waals surface area contributed by atoms with Crippen molar-refractivity contribution < 1.29 is 18.8 Å². The number of hydrogen-bond acceptors (Lipinski definition) is 6. The summed E-state index contributed by atoms with van der Waals surface area (Å²) in [6.07, 6.45) is 4.47. The predicted octanol–water partition coefficient (Wildman–Crippen LogP) is 6.50. The van der Waals surface area contributed by atoms with Gasteiger partial charge in [0.1, 0.15) is 11.5 Å². The van der Waals surface area contributed by atoms with Crippen molar-refractivity contribution in [2.45, 2.75) is 50.4 Å². The second kappa shape index (κ2) is 9.16. The van der Waals surface area contributed by atoms with Crippen LogP contribution in [0.1, 0.15) is 53.3 Å². The van der Waals surface area contributed by atoms with Gasteiger partial charge in [-0.25, -0.2) is 4.79 Å². The van der Waals surface area contributed by atoms with E-state index in [4.69, 9.17) is 37.2 Å². The summed E-state index contributed by atoms with van der Waals surface area (Å²) in [4.78, 5) is 14.2. The van der Waals surface area contributed by atoms with Crippen LogP contribution in [0.15, 0.2) is 47.0 Å². The van der Waals surface area contributed by atoms with E-state index in [-0.39, 0.29) is 12.1 Å². The fraction of sp³-hybridized carbons (Fsp3) is 0.407. The lowest BCUT2D eigenvalue weighted by atomic mass is 10.0. The standard InChI is InChI=1S/C27H26Cl2N2O4/c1-33-27(32)16-7-9-18(10-8-16)31-13-17-11-19(31)12-23(17)34-14-20-25(30-35-26(20)15-5-6-15)24-21(28)3-2-4-22(24)29/h2-4,7-10,15,17,19,23H,5-6,11-14H2,1H3/t17-,19-,23+/m1/s1. The fourth-order valence-electron chi connectivity index (χ4n) is 5.57. The van der Waals surface area contributed by atoms with Gasteiger partial charge >= 0.3 is 5.97 Å². The Labute approximate surface area is 214 Å². The molecule has 0 unspecified atom stereocenters. The number of carbonyl (C=O) groups excluding carboxylic acids is 1. The van der Waals surface area contributed by atoms with E-state index in [1.807, 2.05) is 42.5 Å². The predicted molar refractivity (Wildman–Crippen MR) is 134 cm³/mol. The van der Waals surface area contributed by atoms with E-state index in [0.29, 0.717) is 51.4 Å². The third-order valence-electron chi connectivity index (χ3n) is 7.51. The first-order valence-electron chi connectivity index (χ1n) is 12.0. The smallest absolute Gasteiger partial charge is 0.337 e. The Morgan fingerprint density at radius 3 is 2.49 bits per heavy atom. The molecule has 2 aliphatic carbocycles. The molecule has 2 aromatic carbocycles. The molecule has 2 heterocycles. The van der Waals surface area contributed by atoms with Crippen LogP contribution in [0.2, 0.25) is 10.0 Å². The molecule has 2 saturated carbocycles. The topological polar surface area (TPSA) is 64.8 Å². The average Bonchev–Trinajstić information content (AvgIpc) is 3.32. The summed E-state index contributed by atoms with van der Waals surface area (Å²) in [5.74, 6) is 1.45. The molecule has 3 fully saturated rings. The van der Waals surface area contributed by atoms with E-state index in [2.05, 4.69) is 10.1 Å². The van der Waals surface area contributed by atoms with Crippen LogP contribution in [-0.2, 0) is 16.1 Å². The first kappa shape index (κ1) is 22.9. The molecular formula is C27H26Cl2N2O4. The van der Waals surface area contributed by atoms with Crippen LogP contribution in [0, 0.1) is 5.92 Å². The van der Waals surface area contributed by atoms with Crippen LogP contribution >= 0.6 is 23.2 Å². The molecule has 0 N–H and O–H groups in total. The largest absolute Gasteiger partial charge is 0.465 e. The molecule has 3 aliphatic rings. The number of rotatable bonds is 7. The van der Waals surface area contributed by atoms with Crippen molar-refractivity contribution in [2.75, 3.05) is 18.6 Å². The number of ether oxygens (including phenoxy) is 2. The number of halogens is 2. The van der Waals surface area contributed by atoms with E-state index in [9.17, 15) is 4.79 Å². The summed E-state index contributed by atoms with van der Waals surface area (Å²) in [7, 11) is 1.40. The van der Waals surface area contributed by atoms with E-state index in [1.165, 1.54) is 7.11 Å². The highest BCUT2D eigenvalue weighted by Crippen LogP contribution is 2.47. The van der Waals surface area contributed by atoms with Crippen LogP contribution in [-0.4, -0.2) is 36.9 Å². The summed E-state index contributed by atoms with van der Waals surface area (Å²) < 4.78 is 17.1. The van der Waals surface area contributed by atoms with E-state index in [1.54, 1.807) is 0 Å². The number of methoxy groups -OCH3 is 1. The summed E-state index contributed by atoms with van der Waals surface area (Å²) in [6, 6.07) is 13.6. The van der Waals surface area contributed by atoms with Gasteiger partial charge in [-0.05, 0) is 62.1 Å². The lowest BCUT2D eigenvalue weighted by molar-refractivity contribution is 0.0122. The minimum absolute atomic E-state index is 0.183. The highest BCUT2D eigenvalue weighted by atomic mass is 35.5. The van der Waals surface area contributed by atoms with Gasteiger partial charge in [-0.15, -0.1) is 0 Å². The van der Waals surface area contributed by atoms with Crippen molar-refractivity contribution in [3.8, 4) is 11.3 Å². The van der Waals surface area contributed by atoms with Gasteiger partial charge in [0, 0.05) is 41.2 Å². The van der Waals surface area contributed by atoms with Crippen molar-refractivity contribution in [1.82, 2.24) is 5.16 Å². The van der Waals surface area contributed by atoms with Gasteiger partial charge in [0.2, 0.25) is 0 Å². The van der Waals surface area contributed by atoms with Crippen LogP contribution in [0.5, 0.6) is 0 Å².